The Bertz CT molecular complexity index is 448. The summed E-state index contributed by atoms with van der Waals surface area (Å²) >= 11 is 0. The van der Waals surface area contributed by atoms with Crippen molar-refractivity contribution < 1.29 is 13.5 Å². The number of rotatable bonds is 8. The average molecular weight is 283 g/mol. The topological polar surface area (TPSA) is 21.3 Å². The van der Waals surface area contributed by atoms with Crippen LogP contribution in [0.4, 0.5) is 8.78 Å². The van der Waals surface area contributed by atoms with E-state index in [1.54, 1.807) is 13.2 Å². The smallest absolute Gasteiger partial charge is 0.129 e. The van der Waals surface area contributed by atoms with Gasteiger partial charge in [-0.2, -0.15) is 0 Å². The molecule has 1 unspecified atom stereocenters. The maximum absolute atomic E-state index is 13.8. The molecule has 1 aliphatic rings. The van der Waals surface area contributed by atoms with Crippen molar-refractivity contribution in [1.29, 1.82) is 0 Å². The summed E-state index contributed by atoms with van der Waals surface area (Å²) in [6.07, 6.45) is 3.04. The van der Waals surface area contributed by atoms with E-state index in [1.807, 2.05) is 0 Å². The number of hydrogen-bond donors (Lipinski definition) is 1. The van der Waals surface area contributed by atoms with Gasteiger partial charge in [-0.25, -0.2) is 8.78 Å². The molecule has 2 rings (SSSR count). The molecule has 1 aliphatic carbocycles. The Labute approximate surface area is 119 Å². The fraction of sp³-hybridized carbons (Fsp3) is 0.625. The first-order chi connectivity index (χ1) is 9.55. The first kappa shape index (κ1) is 15.4. The van der Waals surface area contributed by atoms with Gasteiger partial charge in [-0.1, -0.05) is 13.0 Å². The van der Waals surface area contributed by atoms with Gasteiger partial charge in [0.25, 0.3) is 0 Å². The van der Waals surface area contributed by atoms with Gasteiger partial charge in [-0.15, -0.1) is 0 Å². The SMILES string of the molecule is COCCNCC(C)(Cc1ccc(F)cc1F)C1CC1. The molecule has 0 aliphatic heterocycles. The first-order valence-corrected chi connectivity index (χ1v) is 7.19. The number of halogens is 2. The fourth-order valence-corrected chi connectivity index (χ4v) is 2.78. The van der Waals surface area contributed by atoms with Crippen molar-refractivity contribution in [3.63, 3.8) is 0 Å². The minimum Gasteiger partial charge on any atom is -0.383 e. The predicted octanol–water partition coefficient (Wildman–Crippen LogP) is 3.16. The van der Waals surface area contributed by atoms with E-state index in [2.05, 4.69) is 12.2 Å². The van der Waals surface area contributed by atoms with E-state index in [0.717, 1.165) is 19.2 Å². The van der Waals surface area contributed by atoms with E-state index in [9.17, 15) is 8.78 Å². The molecule has 1 atom stereocenters. The second-order valence-corrected chi connectivity index (χ2v) is 6.01. The Hall–Kier alpha value is -1.00. The molecule has 20 heavy (non-hydrogen) atoms. The van der Waals surface area contributed by atoms with Gasteiger partial charge < -0.3 is 10.1 Å². The molecular weight excluding hydrogens is 260 g/mol. The second-order valence-electron chi connectivity index (χ2n) is 6.01. The van der Waals surface area contributed by atoms with E-state index >= 15 is 0 Å². The van der Waals surface area contributed by atoms with Crippen LogP contribution in [0.3, 0.4) is 0 Å². The van der Waals surface area contributed by atoms with Gasteiger partial charge in [0.2, 0.25) is 0 Å². The van der Waals surface area contributed by atoms with Crippen molar-refractivity contribution in [2.45, 2.75) is 26.2 Å². The molecule has 1 aromatic rings. The van der Waals surface area contributed by atoms with E-state index in [-0.39, 0.29) is 5.41 Å². The Morgan fingerprint density at radius 1 is 1.35 bits per heavy atom. The molecule has 0 aromatic heterocycles. The lowest BCUT2D eigenvalue weighted by Gasteiger charge is -2.30. The van der Waals surface area contributed by atoms with Crippen LogP contribution in [0.1, 0.15) is 25.3 Å². The van der Waals surface area contributed by atoms with Crippen LogP contribution in [0.5, 0.6) is 0 Å². The Balaban J connectivity index is 2.00. The Morgan fingerprint density at radius 2 is 2.10 bits per heavy atom. The summed E-state index contributed by atoms with van der Waals surface area (Å²) in [5, 5.41) is 3.38. The highest BCUT2D eigenvalue weighted by Crippen LogP contribution is 2.47. The van der Waals surface area contributed by atoms with Crippen molar-refractivity contribution in [2.24, 2.45) is 11.3 Å². The number of methoxy groups -OCH3 is 1. The van der Waals surface area contributed by atoms with E-state index < -0.39 is 11.6 Å². The first-order valence-electron chi connectivity index (χ1n) is 7.19. The highest BCUT2D eigenvalue weighted by atomic mass is 19.1. The molecule has 0 heterocycles. The van der Waals surface area contributed by atoms with Crippen molar-refractivity contribution in [2.75, 3.05) is 26.8 Å². The van der Waals surface area contributed by atoms with Crippen LogP contribution >= 0.6 is 0 Å². The number of hydrogen-bond acceptors (Lipinski definition) is 2. The van der Waals surface area contributed by atoms with Crippen LogP contribution in [0.15, 0.2) is 18.2 Å². The van der Waals surface area contributed by atoms with Crippen molar-refractivity contribution in [1.82, 2.24) is 5.32 Å². The lowest BCUT2D eigenvalue weighted by molar-refractivity contribution is 0.186. The molecule has 2 nitrogen and oxygen atoms in total. The monoisotopic (exact) mass is 283 g/mol. The van der Waals surface area contributed by atoms with Crippen LogP contribution in [0.25, 0.3) is 0 Å². The summed E-state index contributed by atoms with van der Waals surface area (Å²) < 4.78 is 31.8. The standard InChI is InChI=1S/C16H23F2NO/c1-16(13-4-5-13,11-19-7-8-20-2)10-12-3-6-14(17)9-15(12)18/h3,6,9,13,19H,4-5,7-8,10-11H2,1-2H3. The van der Waals surface area contributed by atoms with Gasteiger partial charge in [0, 0.05) is 26.3 Å². The minimum atomic E-state index is -0.516. The van der Waals surface area contributed by atoms with E-state index in [4.69, 9.17) is 4.74 Å². The summed E-state index contributed by atoms with van der Waals surface area (Å²) in [6, 6.07) is 3.88. The van der Waals surface area contributed by atoms with Crippen LogP contribution in [0, 0.1) is 23.0 Å². The fourth-order valence-electron chi connectivity index (χ4n) is 2.78. The second kappa shape index (κ2) is 6.64. The number of benzene rings is 1. The summed E-state index contributed by atoms with van der Waals surface area (Å²) in [6.45, 7) is 4.49. The van der Waals surface area contributed by atoms with Gasteiger partial charge in [0.05, 0.1) is 6.61 Å². The number of nitrogens with one attached hydrogen (secondary N) is 1. The molecular formula is C16H23F2NO. The Morgan fingerprint density at radius 3 is 2.70 bits per heavy atom. The largest absolute Gasteiger partial charge is 0.383 e. The lowest BCUT2D eigenvalue weighted by Crippen LogP contribution is -2.37. The summed E-state index contributed by atoms with van der Waals surface area (Å²) in [5.41, 5.74) is 0.626. The van der Waals surface area contributed by atoms with Crippen molar-refractivity contribution >= 4 is 0 Å². The average Bonchev–Trinajstić information content (AvgIpc) is 3.23. The van der Waals surface area contributed by atoms with Gasteiger partial charge in [0.1, 0.15) is 11.6 Å². The third-order valence-corrected chi connectivity index (χ3v) is 4.18. The van der Waals surface area contributed by atoms with Crippen LogP contribution in [-0.4, -0.2) is 26.8 Å². The van der Waals surface area contributed by atoms with Crippen LogP contribution < -0.4 is 5.32 Å². The maximum atomic E-state index is 13.8. The normalized spacial score (nSPS) is 18.0. The quantitative estimate of drug-likeness (QED) is 0.740. The van der Waals surface area contributed by atoms with Gasteiger partial charge in [-0.3, -0.25) is 0 Å². The zero-order valence-corrected chi connectivity index (χ0v) is 12.2. The minimum absolute atomic E-state index is 0.0202. The molecule has 1 saturated carbocycles. The molecule has 112 valence electrons. The molecule has 0 spiro atoms. The third kappa shape index (κ3) is 4.00. The van der Waals surface area contributed by atoms with E-state index in [1.165, 1.54) is 18.9 Å². The van der Waals surface area contributed by atoms with Gasteiger partial charge in [0.15, 0.2) is 0 Å². The molecule has 0 radical (unpaired) electrons. The highest BCUT2D eigenvalue weighted by Gasteiger charge is 2.41. The predicted molar refractivity (Wildman–Crippen MR) is 75.6 cm³/mol. The molecule has 1 aromatic carbocycles. The van der Waals surface area contributed by atoms with Crippen LogP contribution in [-0.2, 0) is 11.2 Å². The zero-order chi connectivity index (χ0) is 14.6. The lowest BCUT2D eigenvalue weighted by atomic mass is 9.78. The molecule has 0 saturated heterocycles. The number of ether oxygens (including phenoxy) is 1. The molecule has 1 N–H and O–H groups in total. The van der Waals surface area contributed by atoms with Gasteiger partial charge >= 0.3 is 0 Å². The molecule has 4 heteroatoms. The third-order valence-electron chi connectivity index (χ3n) is 4.18. The summed E-state index contributed by atoms with van der Waals surface area (Å²) in [7, 11) is 1.68. The van der Waals surface area contributed by atoms with Crippen molar-refractivity contribution in [3.05, 3.63) is 35.4 Å². The highest BCUT2D eigenvalue weighted by molar-refractivity contribution is 5.21. The van der Waals surface area contributed by atoms with Crippen LogP contribution in [0.2, 0.25) is 0 Å². The van der Waals surface area contributed by atoms with Crippen molar-refractivity contribution in [3.8, 4) is 0 Å². The Kier molecular flexibility index (Phi) is 5.11. The molecule has 0 amide bonds. The zero-order valence-electron chi connectivity index (χ0n) is 12.2. The van der Waals surface area contributed by atoms with Gasteiger partial charge in [-0.05, 0) is 42.2 Å². The maximum Gasteiger partial charge on any atom is 0.129 e. The van der Waals surface area contributed by atoms with E-state index in [0.29, 0.717) is 24.5 Å². The molecule has 0 bridgehead atoms. The molecule has 1 fully saturated rings. The summed E-state index contributed by atoms with van der Waals surface area (Å²) in [4.78, 5) is 0. The summed E-state index contributed by atoms with van der Waals surface area (Å²) in [5.74, 6) is -0.326.